The Bertz CT molecular complexity index is 456. The third-order valence-electron chi connectivity index (χ3n) is 4.18. The number of hydrogen-bond donors (Lipinski definition) is 1. The van der Waals surface area contributed by atoms with Crippen molar-refractivity contribution in [2.45, 2.75) is 26.7 Å². The van der Waals surface area contributed by atoms with Crippen LogP contribution in [0.25, 0.3) is 0 Å². The van der Waals surface area contributed by atoms with Crippen molar-refractivity contribution in [1.82, 2.24) is 0 Å². The lowest BCUT2D eigenvalue weighted by Crippen LogP contribution is -2.45. The lowest BCUT2D eigenvalue weighted by molar-refractivity contribution is -0.139. The first-order valence-electron chi connectivity index (χ1n) is 6.61. The maximum atomic E-state index is 12.9. The van der Waals surface area contributed by atoms with Crippen molar-refractivity contribution in [3.8, 4) is 0 Å². The second-order valence-corrected chi connectivity index (χ2v) is 5.96. The minimum atomic E-state index is -0.751. The van der Waals surface area contributed by atoms with Gasteiger partial charge in [0.25, 0.3) is 0 Å². The number of nitrogens with zero attached hydrogens (tertiary/aromatic N) is 1. The van der Waals surface area contributed by atoms with Crippen LogP contribution in [0.15, 0.2) is 24.3 Å². The summed E-state index contributed by atoms with van der Waals surface area (Å²) in [6.07, 6.45) is 1.13. The van der Waals surface area contributed by atoms with E-state index in [1.165, 1.54) is 12.1 Å². The summed E-state index contributed by atoms with van der Waals surface area (Å²) in [6, 6.07) is 6.40. The Morgan fingerprint density at radius 1 is 1.42 bits per heavy atom. The summed E-state index contributed by atoms with van der Waals surface area (Å²) in [7, 11) is 0. The number of piperidine rings is 1. The van der Waals surface area contributed by atoms with Gasteiger partial charge in [0.05, 0.1) is 6.42 Å². The fourth-order valence-electron chi connectivity index (χ4n) is 2.67. The Morgan fingerprint density at radius 3 is 2.63 bits per heavy atom. The molecule has 1 saturated heterocycles. The van der Waals surface area contributed by atoms with E-state index < -0.39 is 5.97 Å². The van der Waals surface area contributed by atoms with Crippen LogP contribution in [0.2, 0.25) is 0 Å². The van der Waals surface area contributed by atoms with Gasteiger partial charge in [-0.25, -0.2) is 4.39 Å². The van der Waals surface area contributed by atoms with Crippen molar-refractivity contribution in [1.29, 1.82) is 0 Å². The molecule has 1 aromatic rings. The molecule has 3 nitrogen and oxygen atoms in total. The monoisotopic (exact) mass is 265 g/mol. The Morgan fingerprint density at radius 2 is 2.05 bits per heavy atom. The summed E-state index contributed by atoms with van der Waals surface area (Å²) < 4.78 is 12.9. The largest absolute Gasteiger partial charge is 0.481 e. The summed E-state index contributed by atoms with van der Waals surface area (Å²) in [5, 5.41) is 9.02. The number of carboxylic acids is 1. The van der Waals surface area contributed by atoms with Gasteiger partial charge in [0.2, 0.25) is 0 Å². The van der Waals surface area contributed by atoms with Gasteiger partial charge in [-0.05, 0) is 42.0 Å². The third-order valence-corrected chi connectivity index (χ3v) is 4.18. The predicted octanol–water partition coefficient (Wildman–Crippen LogP) is 3.15. The van der Waals surface area contributed by atoms with E-state index in [1.54, 1.807) is 12.1 Å². The van der Waals surface area contributed by atoms with Crippen LogP contribution in [0.3, 0.4) is 0 Å². The normalized spacial score (nSPS) is 22.3. The van der Waals surface area contributed by atoms with E-state index in [1.807, 2.05) is 0 Å². The van der Waals surface area contributed by atoms with Gasteiger partial charge in [-0.2, -0.15) is 0 Å². The highest BCUT2D eigenvalue weighted by Gasteiger charge is 2.36. The molecule has 0 radical (unpaired) electrons. The summed E-state index contributed by atoms with van der Waals surface area (Å²) in [4.78, 5) is 13.1. The maximum absolute atomic E-state index is 12.9. The Labute approximate surface area is 113 Å². The van der Waals surface area contributed by atoms with Gasteiger partial charge in [-0.15, -0.1) is 0 Å². The van der Waals surface area contributed by atoms with Crippen LogP contribution in [0.5, 0.6) is 0 Å². The molecule has 0 aromatic heterocycles. The van der Waals surface area contributed by atoms with Crippen molar-refractivity contribution >= 4 is 11.7 Å². The fourth-order valence-corrected chi connectivity index (χ4v) is 2.67. The molecule has 0 bridgehead atoms. The standard InChI is InChI=1S/C15H20FNO2/c1-15(2)7-8-17(10-11(15)9-14(18)19)13-5-3-12(16)4-6-13/h3-6,11H,7-10H2,1-2H3,(H,18,19). The lowest BCUT2D eigenvalue weighted by Gasteiger charge is -2.44. The Kier molecular flexibility index (Phi) is 3.78. The average Bonchev–Trinajstić information content (AvgIpc) is 2.32. The SMILES string of the molecule is CC1(C)CCN(c2ccc(F)cc2)CC1CC(=O)O. The topological polar surface area (TPSA) is 40.5 Å². The molecule has 0 saturated carbocycles. The van der Waals surface area contributed by atoms with Gasteiger partial charge < -0.3 is 10.0 Å². The molecule has 1 aliphatic heterocycles. The number of rotatable bonds is 3. The summed E-state index contributed by atoms with van der Waals surface area (Å²) in [5.74, 6) is -0.883. The van der Waals surface area contributed by atoms with Gasteiger partial charge >= 0.3 is 5.97 Å². The molecule has 4 heteroatoms. The molecule has 0 amide bonds. The highest BCUT2D eigenvalue weighted by atomic mass is 19.1. The number of benzene rings is 1. The van der Waals surface area contributed by atoms with Crippen molar-refractivity contribution in [3.05, 3.63) is 30.1 Å². The van der Waals surface area contributed by atoms with E-state index in [0.717, 1.165) is 18.7 Å². The molecule has 1 unspecified atom stereocenters. The first kappa shape index (κ1) is 13.8. The molecule has 104 valence electrons. The number of carbonyl (C=O) groups is 1. The van der Waals surface area contributed by atoms with Gasteiger partial charge in [0.15, 0.2) is 0 Å². The summed E-state index contributed by atoms with van der Waals surface area (Å²) in [5.41, 5.74) is 1.00. The van der Waals surface area contributed by atoms with E-state index >= 15 is 0 Å². The third kappa shape index (κ3) is 3.25. The van der Waals surface area contributed by atoms with E-state index in [0.29, 0.717) is 6.54 Å². The highest BCUT2D eigenvalue weighted by Crippen LogP contribution is 2.39. The van der Waals surface area contributed by atoms with Crippen LogP contribution in [0.1, 0.15) is 26.7 Å². The zero-order valence-corrected chi connectivity index (χ0v) is 11.4. The number of hydrogen-bond acceptors (Lipinski definition) is 2. The molecule has 0 spiro atoms. The Balaban J connectivity index is 2.13. The van der Waals surface area contributed by atoms with Crippen molar-refractivity contribution in [2.24, 2.45) is 11.3 Å². The van der Waals surface area contributed by atoms with Crippen LogP contribution in [0.4, 0.5) is 10.1 Å². The second-order valence-electron chi connectivity index (χ2n) is 5.96. The van der Waals surface area contributed by atoms with E-state index in [2.05, 4.69) is 18.7 Å². The fraction of sp³-hybridized carbons (Fsp3) is 0.533. The van der Waals surface area contributed by atoms with Crippen LogP contribution < -0.4 is 4.90 Å². The molecule has 1 heterocycles. The molecule has 1 aromatic carbocycles. The minimum absolute atomic E-state index is 0.0366. The molecule has 19 heavy (non-hydrogen) atoms. The van der Waals surface area contributed by atoms with Crippen molar-refractivity contribution < 1.29 is 14.3 Å². The minimum Gasteiger partial charge on any atom is -0.481 e. The van der Waals surface area contributed by atoms with E-state index in [4.69, 9.17) is 5.11 Å². The number of anilines is 1. The Hall–Kier alpha value is -1.58. The van der Waals surface area contributed by atoms with Crippen LogP contribution in [-0.2, 0) is 4.79 Å². The molecular formula is C15H20FNO2. The number of halogens is 1. The van der Waals surface area contributed by atoms with Crippen molar-refractivity contribution in [3.63, 3.8) is 0 Å². The van der Waals surface area contributed by atoms with Crippen LogP contribution in [0, 0.1) is 17.2 Å². The molecule has 1 aliphatic rings. The van der Waals surface area contributed by atoms with E-state index in [-0.39, 0.29) is 23.6 Å². The quantitative estimate of drug-likeness (QED) is 0.912. The number of aliphatic carboxylic acids is 1. The van der Waals surface area contributed by atoms with Gasteiger partial charge in [-0.1, -0.05) is 13.8 Å². The predicted molar refractivity (Wildman–Crippen MR) is 72.8 cm³/mol. The van der Waals surface area contributed by atoms with Gasteiger partial charge in [0, 0.05) is 18.8 Å². The molecule has 2 rings (SSSR count). The summed E-state index contributed by atoms with van der Waals surface area (Å²) >= 11 is 0. The van der Waals surface area contributed by atoms with E-state index in [9.17, 15) is 9.18 Å². The first-order chi connectivity index (χ1) is 8.88. The second kappa shape index (κ2) is 5.19. The summed E-state index contributed by atoms with van der Waals surface area (Å²) in [6.45, 7) is 5.85. The molecule has 1 fully saturated rings. The smallest absolute Gasteiger partial charge is 0.303 e. The molecule has 0 aliphatic carbocycles. The average molecular weight is 265 g/mol. The molecule has 1 atom stereocenters. The molecule has 1 N–H and O–H groups in total. The van der Waals surface area contributed by atoms with Gasteiger partial charge in [-0.3, -0.25) is 4.79 Å². The van der Waals surface area contributed by atoms with Crippen LogP contribution >= 0.6 is 0 Å². The lowest BCUT2D eigenvalue weighted by atomic mass is 9.72. The van der Waals surface area contributed by atoms with Crippen molar-refractivity contribution in [2.75, 3.05) is 18.0 Å². The highest BCUT2D eigenvalue weighted by molar-refractivity contribution is 5.67. The molecular weight excluding hydrogens is 245 g/mol. The first-order valence-corrected chi connectivity index (χ1v) is 6.61. The zero-order chi connectivity index (χ0) is 14.0. The zero-order valence-electron chi connectivity index (χ0n) is 11.4. The maximum Gasteiger partial charge on any atom is 0.303 e. The number of carboxylic acid groups (broad SMARTS) is 1. The van der Waals surface area contributed by atoms with Crippen LogP contribution in [-0.4, -0.2) is 24.2 Å². The van der Waals surface area contributed by atoms with Gasteiger partial charge in [0.1, 0.15) is 5.82 Å².